The van der Waals surface area contributed by atoms with Crippen LogP contribution in [0.4, 0.5) is 0 Å². The minimum absolute atomic E-state index is 0.274. The van der Waals surface area contributed by atoms with Crippen molar-refractivity contribution in [1.29, 1.82) is 0 Å². The second kappa shape index (κ2) is 6.26. The molecule has 21 heavy (non-hydrogen) atoms. The van der Waals surface area contributed by atoms with Crippen molar-refractivity contribution in [2.45, 2.75) is 33.3 Å². The maximum atomic E-state index is 12.1. The van der Waals surface area contributed by atoms with E-state index in [4.69, 9.17) is 4.74 Å². The highest BCUT2D eigenvalue weighted by atomic mass is 32.1. The van der Waals surface area contributed by atoms with E-state index >= 15 is 0 Å². The Labute approximate surface area is 127 Å². The molecular formula is C14H19N3O3S. The summed E-state index contributed by atoms with van der Waals surface area (Å²) in [7, 11) is 1.84. The first kappa shape index (κ1) is 15.5. The molecule has 1 N–H and O–H groups in total. The predicted molar refractivity (Wildman–Crippen MR) is 81.5 cm³/mol. The number of thiophene rings is 1. The summed E-state index contributed by atoms with van der Waals surface area (Å²) in [5, 5.41) is 7.93. The van der Waals surface area contributed by atoms with Crippen LogP contribution in [0.5, 0.6) is 0 Å². The third kappa shape index (κ3) is 3.24. The summed E-state index contributed by atoms with van der Waals surface area (Å²) in [6.07, 6.45) is 0.0446. The van der Waals surface area contributed by atoms with E-state index in [1.54, 1.807) is 17.7 Å². The van der Waals surface area contributed by atoms with Crippen molar-refractivity contribution < 1.29 is 14.3 Å². The van der Waals surface area contributed by atoms with Gasteiger partial charge in [-0.25, -0.2) is 4.79 Å². The van der Waals surface area contributed by atoms with E-state index in [0.717, 1.165) is 22.3 Å². The number of ether oxygens (including phenoxy) is 1. The topological polar surface area (TPSA) is 73.2 Å². The van der Waals surface area contributed by atoms with Gasteiger partial charge in [0.15, 0.2) is 6.10 Å². The minimum Gasteiger partial charge on any atom is -0.448 e. The van der Waals surface area contributed by atoms with Gasteiger partial charge in [0.1, 0.15) is 9.71 Å². The smallest absolute Gasteiger partial charge is 0.349 e. The van der Waals surface area contributed by atoms with Crippen LogP contribution in [0.2, 0.25) is 0 Å². The zero-order valence-corrected chi connectivity index (χ0v) is 13.4. The van der Waals surface area contributed by atoms with Gasteiger partial charge in [0.2, 0.25) is 0 Å². The molecule has 0 fully saturated rings. The lowest BCUT2D eigenvalue weighted by atomic mass is 10.3. The summed E-state index contributed by atoms with van der Waals surface area (Å²) in [5.41, 5.74) is 0.872. The van der Waals surface area contributed by atoms with Gasteiger partial charge in [-0.3, -0.25) is 9.48 Å². The summed E-state index contributed by atoms with van der Waals surface area (Å²) in [4.78, 5) is 25.2. The zero-order chi connectivity index (χ0) is 15.6. The largest absolute Gasteiger partial charge is 0.448 e. The fourth-order valence-corrected chi connectivity index (χ4v) is 2.98. The molecule has 2 aromatic heterocycles. The van der Waals surface area contributed by atoms with Crippen molar-refractivity contribution in [1.82, 2.24) is 15.1 Å². The van der Waals surface area contributed by atoms with Crippen molar-refractivity contribution in [2.75, 3.05) is 6.54 Å². The molecule has 7 heteroatoms. The van der Waals surface area contributed by atoms with E-state index in [-0.39, 0.29) is 5.91 Å². The summed E-state index contributed by atoms with van der Waals surface area (Å²) in [6.45, 7) is 6.01. The average molecular weight is 309 g/mol. The molecule has 2 aromatic rings. The molecule has 0 saturated heterocycles. The monoisotopic (exact) mass is 309 g/mol. The number of nitrogens with one attached hydrogen (secondary N) is 1. The summed E-state index contributed by atoms with van der Waals surface area (Å²) >= 11 is 1.32. The average Bonchev–Trinajstić information content (AvgIpc) is 2.98. The fourth-order valence-electron chi connectivity index (χ4n) is 1.97. The number of carbonyl (C=O) groups excluding carboxylic acids is 2. The lowest BCUT2D eigenvalue weighted by molar-refractivity contribution is -0.129. The molecule has 2 rings (SSSR count). The van der Waals surface area contributed by atoms with Crippen LogP contribution in [0, 0.1) is 6.92 Å². The van der Waals surface area contributed by atoms with Gasteiger partial charge in [0.25, 0.3) is 5.91 Å². The number of nitrogens with zero attached hydrogens (tertiary/aromatic N) is 2. The number of esters is 1. The van der Waals surface area contributed by atoms with Crippen molar-refractivity contribution in [3.8, 4) is 0 Å². The quantitative estimate of drug-likeness (QED) is 0.858. The molecule has 114 valence electrons. The molecule has 0 aromatic carbocycles. The van der Waals surface area contributed by atoms with Crippen molar-refractivity contribution in [3.63, 3.8) is 0 Å². The van der Waals surface area contributed by atoms with Gasteiger partial charge in [0, 0.05) is 19.0 Å². The van der Waals surface area contributed by atoms with Crippen LogP contribution in [0.3, 0.4) is 0 Å². The Morgan fingerprint density at radius 1 is 1.52 bits per heavy atom. The molecule has 2 heterocycles. The lowest BCUT2D eigenvalue weighted by Crippen LogP contribution is -2.36. The van der Waals surface area contributed by atoms with Gasteiger partial charge in [-0.15, -0.1) is 11.3 Å². The predicted octanol–water partition coefficient (Wildman–Crippen LogP) is 2.01. The Balaban J connectivity index is 2.08. The normalized spacial score (nSPS) is 12.4. The van der Waals surface area contributed by atoms with Crippen molar-refractivity contribution >= 4 is 33.4 Å². The third-order valence-corrected chi connectivity index (χ3v) is 4.28. The van der Waals surface area contributed by atoms with E-state index in [2.05, 4.69) is 10.4 Å². The summed E-state index contributed by atoms with van der Waals surface area (Å²) < 4.78 is 6.94. The van der Waals surface area contributed by atoms with E-state index in [0.29, 0.717) is 11.4 Å². The highest BCUT2D eigenvalue weighted by Gasteiger charge is 2.21. The molecule has 0 aliphatic carbocycles. The van der Waals surface area contributed by atoms with E-state index in [1.165, 1.54) is 11.3 Å². The van der Waals surface area contributed by atoms with Crippen LogP contribution < -0.4 is 5.32 Å². The molecule has 1 unspecified atom stereocenters. The first-order chi connectivity index (χ1) is 9.93. The second-order valence-corrected chi connectivity index (χ2v) is 5.91. The van der Waals surface area contributed by atoms with Crippen molar-refractivity contribution in [2.24, 2.45) is 7.05 Å². The van der Waals surface area contributed by atoms with E-state index in [9.17, 15) is 9.59 Å². The Morgan fingerprint density at radius 2 is 2.24 bits per heavy atom. The van der Waals surface area contributed by atoms with Crippen LogP contribution in [-0.2, 0) is 16.6 Å². The Bertz CT molecular complexity index is 640. The maximum Gasteiger partial charge on any atom is 0.349 e. The van der Waals surface area contributed by atoms with Gasteiger partial charge in [0.05, 0.1) is 5.69 Å². The first-order valence-corrected chi connectivity index (χ1v) is 7.67. The number of rotatable bonds is 5. The molecule has 6 nitrogen and oxygen atoms in total. The number of aryl methyl sites for hydroxylation is 2. The van der Waals surface area contributed by atoms with E-state index < -0.39 is 12.1 Å². The molecule has 1 amide bonds. The molecule has 0 aliphatic heterocycles. The number of carbonyl (C=O) groups is 2. The number of fused-ring (bicyclic) bond motifs is 1. The highest BCUT2D eigenvalue weighted by molar-refractivity contribution is 7.20. The van der Waals surface area contributed by atoms with Gasteiger partial charge >= 0.3 is 5.97 Å². The van der Waals surface area contributed by atoms with Crippen LogP contribution in [0.25, 0.3) is 10.2 Å². The SMILES string of the molecule is CCCNC(=O)C(C)OC(=O)c1cc2c(C)nn(C)c2s1. The molecule has 0 aliphatic rings. The van der Waals surface area contributed by atoms with Crippen molar-refractivity contribution in [3.05, 3.63) is 16.6 Å². The second-order valence-electron chi connectivity index (χ2n) is 4.88. The Morgan fingerprint density at radius 3 is 2.86 bits per heavy atom. The number of aromatic nitrogens is 2. The molecule has 0 radical (unpaired) electrons. The Hall–Kier alpha value is -1.89. The van der Waals surface area contributed by atoms with Crippen LogP contribution in [0.1, 0.15) is 35.6 Å². The minimum atomic E-state index is -0.798. The van der Waals surface area contributed by atoms with E-state index in [1.807, 2.05) is 20.9 Å². The standard InChI is InChI=1S/C14H19N3O3S/c1-5-6-15-12(18)9(3)20-14(19)11-7-10-8(2)16-17(4)13(10)21-11/h7,9H,5-6H2,1-4H3,(H,15,18). The Kier molecular flexibility index (Phi) is 4.62. The fraction of sp³-hybridized carbons (Fsp3) is 0.500. The molecular weight excluding hydrogens is 290 g/mol. The number of hydrogen-bond donors (Lipinski definition) is 1. The van der Waals surface area contributed by atoms with Gasteiger partial charge in [-0.1, -0.05) is 6.92 Å². The summed E-state index contributed by atoms with van der Waals surface area (Å²) in [5.74, 6) is -0.751. The van der Waals surface area contributed by atoms with Crippen LogP contribution in [-0.4, -0.2) is 34.3 Å². The third-order valence-electron chi connectivity index (χ3n) is 3.10. The van der Waals surface area contributed by atoms with Gasteiger partial charge in [-0.2, -0.15) is 5.10 Å². The lowest BCUT2D eigenvalue weighted by Gasteiger charge is -2.12. The number of hydrogen-bond acceptors (Lipinski definition) is 5. The highest BCUT2D eigenvalue weighted by Crippen LogP contribution is 2.28. The van der Waals surface area contributed by atoms with Crippen LogP contribution in [0.15, 0.2) is 6.07 Å². The number of amides is 1. The van der Waals surface area contributed by atoms with Gasteiger partial charge < -0.3 is 10.1 Å². The maximum absolute atomic E-state index is 12.1. The molecule has 1 atom stereocenters. The zero-order valence-electron chi connectivity index (χ0n) is 12.6. The molecule has 0 saturated carbocycles. The summed E-state index contributed by atoms with van der Waals surface area (Å²) in [6, 6.07) is 1.77. The van der Waals surface area contributed by atoms with Crippen LogP contribution >= 0.6 is 11.3 Å². The molecule has 0 bridgehead atoms. The van der Waals surface area contributed by atoms with Gasteiger partial charge in [-0.05, 0) is 26.3 Å². The first-order valence-electron chi connectivity index (χ1n) is 6.85. The molecule has 0 spiro atoms.